The van der Waals surface area contributed by atoms with E-state index in [1.165, 1.54) is 45.2 Å². The number of benzene rings is 1. The molecule has 4 rings (SSSR count). The van der Waals surface area contributed by atoms with Gasteiger partial charge in [0, 0.05) is 50.8 Å². The fourth-order valence-corrected chi connectivity index (χ4v) is 6.34. The zero-order chi connectivity index (χ0) is 24.8. The molecule has 0 unspecified atom stereocenters. The molecule has 0 radical (unpaired) electrons. The molecular formula is C28H41ClN2O4. The molecule has 2 atom stereocenters. The van der Waals surface area contributed by atoms with Crippen molar-refractivity contribution in [2.75, 3.05) is 39.9 Å². The topological polar surface area (TPSA) is 66.2 Å². The lowest BCUT2D eigenvalue weighted by molar-refractivity contribution is 0.0372. The molecule has 0 amide bonds. The minimum absolute atomic E-state index is 0.0228. The van der Waals surface area contributed by atoms with E-state index in [4.69, 9.17) is 20.8 Å². The minimum atomic E-state index is -0.373. The first-order chi connectivity index (χ1) is 17.0. The molecule has 0 saturated carbocycles. The summed E-state index contributed by atoms with van der Waals surface area (Å²) in [4.78, 5) is 17.6. The summed E-state index contributed by atoms with van der Waals surface area (Å²) in [6.45, 7) is 7.56. The molecule has 2 aliphatic rings. The van der Waals surface area contributed by atoms with E-state index in [-0.39, 0.29) is 11.4 Å². The molecule has 0 spiro atoms. The molecule has 0 bridgehead atoms. The molecule has 0 aliphatic carbocycles. The fourth-order valence-electron chi connectivity index (χ4n) is 6.11. The average Bonchev–Trinajstić information content (AvgIpc) is 2.86. The van der Waals surface area contributed by atoms with E-state index in [1.807, 2.05) is 0 Å². The molecule has 2 aromatic rings. The van der Waals surface area contributed by atoms with E-state index in [2.05, 4.69) is 16.7 Å². The maximum atomic E-state index is 12.5. The molecule has 2 fully saturated rings. The fraction of sp³-hybridized carbons (Fsp3) is 0.679. The molecule has 194 valence electrons. The van der Waals surface area contributed by atoms with Crippen LogP contribution in [0.1, 0.15) is 69.4 Å². The van der Waals surface area contributed by atoms with Crippen LogP contribution in [-0.2, 0) is 17.7 Å². The Hall–Kier alpha value is -1.60. The van der Waals surface area contributed by atoms with Gasteiger partial charge in [0.05, 0.1) is 10.6 Å². The maximum absolute atomic E-state index is 12.5. The van der Waals surface area contributed by atoms with Crippen LogP contribution in [0.2, 0.25) is 5.02 Å². The van der Waals surface area contributed by atoms with Crippen molar-refractivity contribution in [3.63, 3.8) is 0 Å². The van der Waals surface area contributed by atoms with Crippen molar-refractivity contribution in [3.05, 3.63) is 38.7 Å². The number of methoxy groups -OCH3 is 1. The average molecular weight is 505 g/mol. The highest BCUT2D eigenvalue weighted by Gasteiger charge is 2.34. The molecule has 3 heterocycles. The largest absolute Gasteiger partial charge is 0.506 e. The summed E-state index contributed by atoms with van der Waals surface area (Å²) in [5.41, 5.74) is 1.67. The van der Waals surface area contributed by atoms with Gasteiger partial charge in [-0.2, -0.15) is 0 Å². The Morgan fingerprint density at radius 3 is 2.83 bits per heavy atom. The SMILES string of the molecule is CCCCc1cc(=O)oc2c(CN(CCCOC)C[C@@H]3CCCN4CCCC[C@H]34)c(O)c(Cl)cc12. The zero-order valence-corrected chi connectivity index (χ0v) is 22.1. The number of aromatic hydroxyl groups is 1. The lowest BCUT2D eigenvalue weighted by atomic mass is 9.83. The van der Waals surface area contributed by atoms with Crippen molar-refractivity contribution in [1.82, 2.24) is 9.80 Å². The van der Waals surface area contributed by atoms with Crippen molar-refractivity contribution in [3.8, 4) is 5.75 Å². The number of ether oxygens (including phenoxy) is 1. The molecule has 35 heavy (non-hydrogen) atoms. The second kappa shape index (κ2) is 12.6. The van der Waals surface area contributed by atoms with Gasteiger partial charge in [-0.05, 0) is 75.6 Å². The van der Waals surface area contributed by atoms with Crippen LogP contribution in [0.5, 0.6) is 5.75 Å². The number of rotatable bonds is 11. The van der Waals surface area contributed by atoms with Crippen LogP contribution in [0.15, 0.2) is 21.3 Å². The van der Waals surface area contributed by atoms with E-state index >= 15 is 0 Å². The van der Waals surface area contributed by atoms with Crippen LogP contribution in [0.25, 0.3) is 11.0 Å². The van der Waals surface area contributed by atoms with Crippen molar-refractivity contribution >= 4 is 22.6 Å². The Bertz CT molecular complexity index is 1040. The van der Waals surface area contributed by atoms with Crippen LogP contribution in [-0.4, -0.2) is 60.8 Å². The summed E-state index contributed by atoms with van der Waals surface area (Å²) in [5.74, 6) is 0.626. The van der Waals surface area contributed by atoms with Crippen molar-refractivity contribution in [2.45, 2.75) is 77.3 Å². The van der Waals surface area contributed by atoms with E-state index < -0.39 is 0 Å². The van der Waals surface area contributed by atoms with Crippen LogP contribution < -0.4 is 5.63 Å². The second-order valence-electron chi connectivity index (χ2n) is 10.3. The summed E-state index contributed by atoms with van der Waals surface area (Å²) < 4.78 is 11.1. The van der Waals surface area contributed by atoms with Gasteiger partial charge >= 0.3 is 5.63 Å². The number of piperidine rings is 2. The highest BCUT2D eigenvalue weighted by Crippen LogP contribution is 2.38. The van der Waals surface area contributed by atoms with E-state index in [0.717, 1.165) is 49.7 Å². The number of nitrogens with zero attached hydrogens (tertiary/aromatic N) is 2. The normalized spacial score (nSPS) is 21.0. The molecule has 2 saturated heterocycles. The third kappa shape index (κ3) is 6.40. The second-order valence-corrected chi connectivity index (χ2v) is 10.7. The first-order valence-electron chi connectivity index (χ1n) is 13.4. The minimum Gasteiger partial charge on any atom is -0.506 e. The van der Waals surface area contributed by atoms with E-state index in [9.17, 15) is 9.90 Å². The van der Waals surface area contributed by atoms with Crippen LogP contribution in [0.3, 0.4) is 0 Å². The van der Waals surface area contributed by atoms with Crippen LogP contribution >= 0.6 is 11.6 Å². The Kier molecular flexibility index (Phi) is 9.51. The van der Waals surface area contributed by atoms with Gasteiger partial charge in [0.2, 0.25) is 0 Å². The summed E-state index contributed by atoms with van der Waals surface area (Å²) >= 11 is 6.52. The highest BCUT2D eigenvalue weighted by molar-refractivity contribution is 6.33. The lowest BCUT2D eigenvalue weighted by Gasteiger charge is -2.45. The first-order valence-corrected chi connectivity index (χ1v) is 13.8. The smallest absolute Gasteiger partial charge is 0.336 e. The van der Waals surface area contributed by atoms with Gasteiger partial charge in [-0.3, -0.25) is 4.90 Å². The third-order valence-corrected chi connectivity index (χ3v) is 8.16. The number of phenolic OH excluding ortho intramolecular Hbond substituents is 1. The summed E-state index contributed by atoms with van der Waals surface area (Å²) in [5, 5.41) is 12.2. The summed E-state index contributed by atoms with van der Waals surface area (Å²) in [6, 6.07) is 3.97. The van der Waals surface area contributed by atoms with Crippen LogP contribution in [0, 0.1) is 5.92 Å². The van der Waals surface area contributed by atoms with Gasteiger partial charge in [0.25, 0.3) is 0 Å². The van der Waals surface area contributed by atoms with Gasteiger partial charge in [0.1, 0.15) is 11.3 Å². The van der Waals surface area contributed by atoms with Gasteiger partial charge in [-0.15, -0.1) is 0 Å². The zero-order valence-electron chi connectivity index (χ0n) is 21.4. The lowest BCUT2D eigenvalue weighted by Crippen LogP contribution is -2.51. The van der Waals surface area contributed by atoms with Gasteiger partial charge in [0.15, 0.2) is 0 Å². The molecule has 1 N–H and O–H groups in total. The summed E-state index contributed by atoms with van der Waals surface area (Å²) in [6.07, 6.45) is 10.1. The Labute approximate surface area is 214 Å². The Morgan fingerprint density at radius 1 is 1.20 bits per heavy atom. The van der Waals surface area contributed by atoms with E-state index in [0.29, 0.717) is 41.3 Å². The Morgan fingerprint density at radius 2 is 2.03 bits per heavy atom. The number of hydrogen-bond donors (Lipinski definition) is 1. The maximum Gasteiger partial charge on any atom is 0.336 e. The highest BCUT2D eigenvalue weighted by atomic mass is 35.5. The number of fused-ring (bicyclic) bond motifs is 2. The third-order valence-electron chi connectivity index (χ3n) is 7.87. The molecule has 1 aromatic carbocycles. The van der Waals surface area contributed by atoms with E-state index in [1.54, 1.807) is 19.2 Å². The molecular weight excluding hydrogens is 464 g/mol. The monoisotopic (exact) mass is 504 g/mol. The molecule has 2 aliphatic heterocycles. The quantitative estimate of drug-likeness (QED) is 0.317. The standard InChI is InChI=1S/C28H41ClN2O4/c1-3-4-9-20-16-26(32)35-28-22(20)17-24(29)27(33)23(28)19-30(12-8-15-34-2)18-21-10-7-14-31-13-6-5-11-25(21)31/h16-17,21,25,33H,3-15,18-19H2,1-2H3/t21-,25+/m0/s1. The number of phenols is 1. The predicted octanol–water partition coefficient (Wildman–Crippen LogP) is 5.60. The summed E-state index contributed by atoms with van der Waals surface area (Å²) in [7, 11) is 1.73. The van der Waals surface area contributed by atoms with Crippen molar-refractivity contribution in [1.29, 1.82) is 0 Å². The molecule has 6 nitrogen and oxygen atoms in total. The van der Waals surface area contributed by atoms with Gasteiger partial charge < -0.3 is 19.2 Å². The van der Waals surface area contributed by atoms with Crippen molar-refractivity contribution < 1.29 is 14.3 Å². The van der Waals surface area contributed by atoms with Gasteiger partial charge in [-0.25, -0.2) is 4.79 Å². The number of unbranched alkanes of at least 4 members (excludes halogenated alkanes) is 1. The number of halogens is 1. The number of aryl methyl sites for hydroxylation is 1. The van der Waals surface area contributed by atoms with Crippen molar-refractivity contribution in [2.24, 2.45) is 5.92 Å². The predicted molar refractivity (Wildman–Crippen MR) is 141 cm³/mol. The Balaban J connectivity index is 1.65. The molecule has 1 aromatic heterocycles. The van der Waals surface area contributed by atoms with Crippen LogP contribution in [0.4, 0.5) is 0 Å². The first kappa shape index (κ1) is 26.5. The number of hydrogen-bond acceptors (Lipinski definition) is 6. The van der Waals surface area contributed by atoms with Gasteiger partial charge in [-0.1, -0.05) is 31.4 Å². The molecule has 7 heteroatoms.